The highest BCUT2D eigenvalue weighted by Crippen LogP contribution is 2.29. The average molecular weight is 411 g/mol. The molecule has 0 bridgehead atoms. The SMILES string of the molecule is COCCn1nc(C)c2nc(N3C[C@@H](C)NC[C@@H]3C)nc(Nc3cc(C)ccn3)c21. The van der Waals surface area contributed by atoms with E-state index in [4.69, 9.17) is 19.8 Å². The minimum atomic E-state index is 0.299. The molecule has 4 heterocycles. The Bertz CT molecular complexity index is 1030. The molecule has 0 radical (unpaired) electrons. The van der Waals surface area contributed by atoms with Crippen molar-refractivity contribution in [3.8, 4) is 0 Å². The summed E-state index contributed by atoms with van der Waals surface area (Å²) in [5.74, 6) is 2.18. The number of pyridine rings is 1. The Morgan fingerprint density at radius 2 is 2.10 bits per heavy atom. The average Bonchev–Trinajstić information content (AvgIpc) is 3.04. The molecule has 2 atom stereocenters. The molecule has 0 aliphatic carbocycles. The fourth-order valence-corrected chi connectivity index (χ4v) is 3.80. The molecule has 4 rings (SSSR count). The smallest absolute Gasteiger partial charge is 0.228 e. The molecular weight excluding hydrogens is 380 g/mol. The van der Waals surface area contributed by atoms with Crippen molar-refractivity contribution in [2.75, 3.05) is 37.0 Å². The van der Waals surface area contributed by atoms with Crippen LogP contribution >= 0.6 is 0 Å². The van der Waals surface area contributed by atoms with Gasteiger partial charge in [0.25, 0.3) is 0 Å². The van der Waals surface area contributed by atoms with Gasteiger partial charge in [0.1, 0.15) is 16.9 Å². The zero-order chi connectivity index (χ0) is 21.3. The molecular formula is C21H30N8O. The first-order valence-electron chi connectivity index (χ1n) is 10.4. The Hall–Kier alpha value is -2.78. The van der Waals surface area contributed by atoms with Gasteiger partial charge in [0, 0.05) is 38.5 Å². The van der Waals surface area contributed by atoms with E-state index in [1.165, 1.54) is 0 Å². The van der Waals surface area contributed by atoms with E-state index in [1.807, 2.05) is 30.7 Å². The predicted molar refractivity (Wildman–Crippen MR) is 118 cm³/mol. The number of anilines is 3. The van der Waals surface area contributed by atoms with Crippen molar-refractivity contribution in [3.63, 3.8) is 0 Å². The van der Waals surface area contributed by atoms with Crippen LogP contribution in [-0.4, -0.2) is 63.6 Å². The highest BCUT2D eigenvalue weighted by molar-refractivity contribution is 5.90. The number of ether oxygens (including phenoxy) is 1. The van der Waals surface area contributed by atoms with Gasteiger partial charge in [0.15, 0.2) is 5.82 Å². The molecule has 2 N–H and O–H groups in total. The second-order valence-electron chi connectivity index (χ2n) is 8.02. The van der Waals surface area contributed by atoms with E-state index in [2.05, 4.69) is 34.4 Å². The molecule has 1 aliphatic rings. The largest absolute Gasteiger partial charge is 0.383 e. The maximum absolute atomic E-state index is 5.27. The zero-order valence-electron chi connectivity index (χ0n) is 18.3. The van der Waals surface area contributed by atoms with Crippen LogP contribution in [0.5, 0.6) is 0 Å². The Morgan fingerprint density at radius 1 is 1.27 bits per heavy atom. The van der Waals surface area contributed by atoms with E-state index >= 15 is 0 Å². The number of hydrogen-bond acceptors (Lipinski definition) is 8. The van der Waals surface area contributed by atoms with Crippen molar-refractivity contribution in [1.82, 2.24) is 30.0 Å². The molecule has 160 valence electrons. The number of rotatable bonds is 6. The van der Waals surface area contributed by atoms with Crippen LogP contribution in [0.15, 0.2) is 18.3 Å². The fraction of sp³-hybridized carbons (Fsp3) is 0.524. The maximum atomic E-state index is 5.27. The van der Waals surface area contributed by atoms with Gasteiger partial charge < -0.3 is 20.3 Å². The van der Waals surface area contributed by atoms with Crippen molar-refractivity contribution < 1.29 is 4.74 Å². The Kier molecular flexibility index (Phi) is 5.83. The predicted octanol–water partition coefficient (Wildman–Crippen LogP) is 2.41. The van der Waals surface area contributed by atoms with E-state index < -0.39 is 0 Å². The molecule has 3 aromatic rings. The molecule has 3 aromatic heterocycles. The normalized spacial score (nSPS) is 19.4. The van der Waals surface area contributed by atoms with Gasteiger partial charge in [-0.1, -0.05) is 0 Å². The first-order chi connectivity index (χ1) is 14.5. The van der Waals surface area contributed by atoms with Crippen molar-refractivity contribution in [1.29, 1.82) is 0 Å². The molecule has 1 saturated heterocycles. The summed E-state index contributed by atoms with van der Waals surface area (Å²) in [6.07, 6.45) is 1.80. The van der Waals surface area contributed by atoms with Gasteiger partial charge in [0.05, 0.1) is 18.8 Å². The van der Waals surface area contributed by atoms with E-state index in [9.17, 15) is 0 Å². The Morgan fingerprint density at radius 3 is 2.87 bits per heavy atom. The fourth-order valence-electron chi connectivity index (χ4n) is 3.80. The van der Waals surface area contributed by atoms with Crippen molar-refractivity contribution in [2.24, 2.45) is 0 Å². The Labute approximate surface area is 176 Å². The third-order valence-electron chi connectivity index (χ3n) is 5.43. The van der Waals surface area contributed by atoms with Gasteiger partial charge >= 0.3 is 0 Å². The van der Waals surface area contributed by atoms with Gasteiger partial charge in [0.2, 0.25) is 5.95 Å². The first-order valence-corrected chi connectivity index (χ1v) is 10.4. The molecule has 0 unspecified atom stereocenters. The number of aryl methyl sites for hydroxylation is 2. The summed E-state index contributed by atoms with van der Waals surface area (Å²) < 4.78 is 7.19. The summed E-state index contributed by atoms with van der Waals surface area (Å²) in [7, 11) is 1.69. The molecule has 0 spiro atoms. The maximum Gasteiger partial charge on any atom is 0.228 e. The summed E-state index contributed by atoms with van der Waals surface area (Å²) in [5.41, 5.74) is 3.73. The second kappa shape index (κ2) is 8.53. The van der Waals surface area contributed by atoms with Crippen LogP contribution < -0.4 is 15.5 Å². The van der Waals surface area contributed by atoms with Crippen LogP contribution in [0.3, 0.4) is 0 Å². The highest BCUT2D eigenvalue weighted by Gasteiger charge is 2.27. The summed E-state index contributed by atoms with van der Waals surface area (Å²) in [4.78, 5) is 16.6. The molecule has 30 heavy (non-hydrogen) atoms. The highest BCUT2D eigenvalue weighted by atomic mass is 16.5. The standard InChI is InChI=1S/C21H30N8O/c1-13-6-7-22-17(10-13)24-20-19-18(16(4)27-29(19)8-9-30-5)25-21(26-20)28-12-14(2)23-11-15(28)3/h6-7,10,14-15,23H,8-9,11-12H2,1-5H3,(H,22,24,25,26)/t14-,15+/m1/s1. The quantitative estimate of drug-likeness (QED) is 0.640. The molecule has 1 aliphatic heterocycles. The number of nitrogens with one attached hydrogen (secondary N) is 2. The van der Waals surface area contributed by atoms with Crippen LogP contribution in [0, 0.1) is 13.8 Å². The molecule has 1 fully saturated rings. The lowest BCUT2D eigenvalue weighted by Gasteiger charge is -2.37. The summed E-state index contributed by atoms with van der Waals surface area (Å²) in [6, 6.07) is 4.66. The summed E-state index contributed by atoms with van der Waals surface area (Å²) >= 11 is 0. The minimum Gasteiger partial charge on any atom is -0.383 e. The van der Waals surface area contributed by atoms with E-state index in [0.717, 1.165) is 41.2 Å². The van der Waals surface area contributed by atoms with Crippen LogP contribution in [0.2, 0.25) is 0 Å². The van der Waals surface area contributed by atoms with Crippen LogP contribution in [0.4, 0.5) is 17.6 Å². The van der Waals surface area contributed by atoms with Crippen LogP contribution in [-0.2, 0) is 11.3 Å². The monoisotopic (exact) mass is 410 g/mol. The summed E-state index contributed by atoms with van der Waals surface area (Å²) in [5, 5.41) is 11.6. The molecule has 0 saturated carbocycles. The number of fused-ring (bicyclic) bond motifs is 1. The summed E-state index contributed by atoms with van der Waals surface area (Å²) in [6.45, 7) is 11.3. The zero-order valence-corrected chi connectivity index (χ0v) is 18.3. The van der Waals surface area contributed by atoms with Crippen molar-refractivity contribution in [2.45, 2.75) is 46.3 Å². The molecule has 9 nitrogen and oxygen atoms in total. The minimum absolute atomic E-state index is 0.299. The lowest BCUT2D eigenvalue weighted by Crippen LogP contribution is -2.55. The molecule has 0 aromatic carbocycles. The van der Waals surface area contributed by atoms with E-state index in [0.29, 0.717) is 37.0 Å². The number of piperazine rings is 1. The second-order valence-corrected chi connectivity index (χ2v) is 8.02. The van der Waals surface area contributed by atoms with Gasteiger partial charge in [-0.3, -0.25) is 4.68 Å². The topological polar surface area (TPSA) is 93.0 Å². The number of nitrogens with zero attached hydrogens (tertiary/aromatic N) is 6. The van der Waals surface area contributed by atoms with Crippen molar-refractivity contribution in [3.05, 3.63) is 29.6 Å². The Balaban J connectivity index is 1.83. The number of hydrogen-bond donors (Lipinski definition) is 2. The van der Waals surface area contributed by atoms with Crippen LogP contribution in [0.1, 0.15) is 25.1 Å². The lowest BCUT2D eigenvalue weighted by atomic mass is 10.1. The third kappa shape index (κ3) is 4.08. The number of aromatic nitrogens is 5. The number of methoxy groups -OCH3 is 1. The first kappa shape index (κ1) is 20.5. The third-order valence-corrected chi connectivity index (χ3v) is 5.43. The van der Waals surface area contributed by atoms with Gasteiger partial charge in [-0.25, -0.2) is 9.97 Å². The molecule has 0 amide bonds. The van der Waals surface area contributed by atoms with E-state index in [-0.39, 0.29) is 0 Å². The van der Waals surface area contributed by atoms with Crippen LogP contribution in [0.25, 0.3) is 11.0 Å². The van der Waals surface area contributed by atoms with Crippen molar-refractivity contribution >= 4 is 28.6 Å². The van der Waals surface area contributed by atoms with Gasteiger partial charge in [-0.05, 0) is 45.4 Å². The van der Waals surface area contributed by atoms with Gasteiger partial charge in [-0.2, -0.15) is 10.1 Å². The lowest BCUT2D eigenvalue weighted by molar-refractivity contribution is 0.185. The van der Waals surface area contributed by atoms with Gasteiger partial charge in [-0.15, -0.1) is 0 Å². The molecule has 9 heteroatoms. The van der Waals surface area contributed by atoms with E-state index in [1.54, 1.807) is 13.3 Å².